The Balaban J connectivity index is 1.46. The monoisotopic (exact) mass is 343 g/mol. The van der Waals surface area contributed by atoms with Crippen molar-refractivity contribution >= 4 is 5.96 Å². The van der Waals surface area contributed by atoms with Crippen molar-refractivity contribution in [3.63, 3.8) is 0 Å². The van der Waals surface area contributed by atoms with Crippen LogP contribution in [0.15, 0.2) is 29.3 Å². The molecule has 0 bridgehead atoms. The highest BCUT2D eigenvalue weighted by Gasteiger charge is 2.42. The topological polar surface area (TPSA) is 46.1 Å². The number of guanidine groups is 1. The van der Waals surface area contributed by atoms with Crippen molar-refractivity contribution in [2.75, 3.05) is 46.0 Å². The third kappa shape index (κ3) is 3.47. The minimum absolute atomic E-state index is 0.363. The van der Waals surface area contributed by atoms with E-state index in [0.717, 1.165) is 64.1 Å². The van der Waals surface area contributed by atoms with Gasteiger partial charge in [-0.1, -0.05) is 18.2 Å². The molecule has 2 unspecified atom stereocenters. The molecule has 3 aliphatic rings. The second kappa shape index (κ2) is 7.24. The Labute approximate surface area is 150 Å². The van der Waals surface area contributed by atoms with E-state index in [2.05, 4.69) is 35.3 Å². The highest BCUT2D eigenvalue weighted by atomic mass is 16.5. The first-order valence-corrected chi connectivity index (χ1v) is 9.62. The average molecular weight is 343 g/mol. The van der Waals surface area contributed by atoms with Gasteiger partial charge in [0.2, 0.25) is 0 Å². The smallest absolute Gasteiger partial charge is 0.193 e. The minimum atomic E-state index is 0.363. The summed E-state index contributed by atoms with van der Waals surface area (Å²) in [4.78, 5) is 7.44. The molecule has 0 amide bonds. The lowest BCUT2D eigenvalue weighted by atomic mass is 9.87. The number of benzene rings is 1. The number of fused-ring (bicyclic) bond motifs is 1. The van der Waals surface area contributed by atoms with Crippen LogP contribution in [0.4, 0.5) is 0 Å². The number of nitrogens with one attached hydrogen (secondary N) is 1. The van der Waals surface area contributed by atoms with Crippen LogP contribution in [0.1, 0.15) is 37.7 Å². The molecule has 25 heavy (non-hydrogen) atoms. The predicted molar refractivity (Wildman–Crippen MR) is 99.3 cm³/mol. The van der Waals surface area contributed by atoms with E-state index >= 15 is 0 Å². The Morgan fingerprint density at radius 1 is 1.32 bits per heavy atom. The van der Waals surface area contributed by atoms with Crippen LogP contribution >= 0.6 is 0 Å². The summed E-state index contributed by atoms with van der Waals surface area (Å²) in [5, 5.41) is 3.50. The Hall–Kier alpha value is -1.75. The number of nitrogens with zero attached hydrogens (tertiary/aromatic N) is 2. The van der Waals surface area contributed by atoms with Crippen LogP contribution in [-0.2, 0) is 4.74 Å². The molecular weight excluding hydrogens is 314 g/mol. The normalized spacial score (nSPS) is 28.9. The minimum Gasteiger partial charge on any atom is -0.493 e. The SMILES string of the molecule is CCNC(=NCC1CCOc2ccccc21)N1CCC2(CCOC2)C1. The molecule has 1 spiro atoms. The van der Waals surface area contributed by atoms with Gasteiger partial charge >= 0.3 is 0 Å². The molecule has 0 aliphatic carbocycles. The molecule has 2 atom stereocenters. The molecule has 5 nitrogen and oxygen atoms in total. The fourth-order valence-corrected chi connectivity index (χ4v) is 4.32. The van der Waals surface area contributed by atoms with Gasteiger partial charge in [0, 0.05) is 44.1 Å². The predicted octanol–water partition coefficient (Wildman–Crippen LogP) is 2.63. The summed E-state index contributed by atoms with van der Waals surface area (Å²) in [5.74, 6) is 2.54. The van der Waals surface area contributed by atoms with Gasteiger partial charge in [-0.25, -0.2) is 0 Å². The Morgan fingerprint density at radius 2 is 2.24 bits per heavy atom. The quantitative estimate of drug-likeness (QED) is 0.677. The van der Waals surface area contributed by atoms with Crippen LogP contribution in [0.25, 0.3) is 0 Å². The molecule has 3 heterocycles. The summed E-state index contributed by atoms with van der Waals surface area (Å²) in [5.41, 5.74) is 1.66. The van der Waals surface area contributed by atoms with Crippen molar-refractivity contribution in [3.8, 4) is 5.75 Å². The van der Waals surface area contributed by atoms with E-state index in [9.17, 15) is 0 Å². The van der Waals surface area contributed by atoms with Gasteiger partial charge in [-0.15, -0.1) is 0 Å². The van der Waals surface area contributed by atoms with E-state index in [1.165, 1.54) is 18.4 Å². The number of ether oxygens (including phenoxy) is 2. The van der Waals surface area contributed by atoms with Crippen molar-refractivity contribution in [2.24, 2.45) is 10.4 Å². The fourth-order valence-electron chi connectivity index (χ4n) is 4.32. The molecule has 2 fully saturated rings. The number of hydrogen-bond donors (Lipinski definition) is 1. The molecule has 0 radical (unpaired) electrons. The average Bonchev–Trinajstić information content (AvgIpc) is 3.29. The zero-order valence-electron chi connectivity index (χ0n) is 15.2. The third-order valence-electron chi connectivity index (χ3n) is 5.80. The highest BCUT2D eigenvalue weighted by molar-refractivity contribution is 5.80. The maximum absolute atomic E-state index is 5.78. The van der Waals surface area contributed by atoms with E-state index < -0.39 is 0 Å². The molecular formula is C20H29N3O2. The number of aliphatic imine (C=N–C) groups is 1. The van der Waals surface area contributed by atoms with Gasteiger partial charge in [-0.05, 0) is 37.8 Å². The van der Waals surface area contributed by atoms with Crippen molar-refractivity contribution in [3.05, 3.63) is 29.8 Å². The maximum atomic E-state index is 5.78. The largest absolute Gasteiger partial charge is 0.493 e. The standard InChI is InChI=1S/C20H29N3O2/c1-2-21-19(23-10-8-20(14-23)9-12-24-15-20)22-13-16-7-11-25-18-6-4-3-5-17(16)18/h3-6,16H,2,7-15H2,1H3,(H,21,22). The zero-order chi connectivity index (χ0) is 17.1. The van der Waals surface area contributed by atoms with Gasteiger partial charge < -0.3 is 19.7 Å². The second-order valence-electron chi connectivity index (χ2n) is 7.54. The lowest BCUT2D eigenvalue weighted by Crippen LogP contribution is -2.41. The molecule has 4 rings (SSSR count). The van der Waals surface area contributed by atoms with E-state index in [4.69, 9.17) is 14.5 Å². The molecule has 1 N–H and O–H groups in total. The van der Waals surface area contributed by atoms with Gasteiger partial charge in [0.15, 0.2) is 5.96 Å². The molecule has 0 aromatic heterocycles. The van der Waals surface area contributed by atoms with Crippen molar-refractivity contribution in [1.29, 1.82) is 0 Å². The maximum Gasteiger partial charge on any atom is 0.193 e. The summed E-state index contributed by atoms with van der Waals surface area (Å²) >= 11 is 0. The lowest BCUT2D eigenvalue weighted by molar-refractivity contribution is 0.156. The fraction of sp³-hybridized carbons (Fsp3) is 0.650. The third-order valence-corrected chi connectivity index (χ3v) is 5.80. The van der Waals surface area contributed by atoms with E-state index in [0.29, 0.717) is 11.3 Å². The summed E-state index contributed by atoms with van der Waals surface area (Å²) in [6.07, 6.45) is 3.45. The van der Waals surface area contributed by atoms with Crippen molar-refractivity contribution in [1.82, 2.24) is 10.2 Å². The lowest BCUT2D eigenvalue weighted by Gasteiger charge is -2.27. The van der Waals surface area contributed by atoms with Gasteiger partial charge in [0.05, 0.1) is 13.2 Å². The summed E-state index contributed by atoms with van der Waals surface area (Å²) in [6, 6.07) is 8.39. The van der Waals surface area contributed by atoms with E-state index in [1.54, 1.807) is 0 Å². The Bertz CT molecular complexity index is 625. The Kier molecular flexibility index (Phi) is 4.84. The first-order valence-electron chi connectivity index (χ1n) is 9.62. The van der Waals surface area contributed by atoms with Crippen molar-refractivity contribution in [2.45, 2.75) is 32.1 Å². The molecule has 1 aromatic carbocycles. The van der Waals surface area contributed by atoms with Crippen LogP contribution in [0.3, 0.4) is 0 Å². The van der Waals surface area contributed by atoms with Gasteiger partial charge in [0.1, 0.15) is 5.75 Å². The van der Waals surface area contributed by atoms with Crippen LogP contribution in [0, 0.1) is 5.41 Å². The van der Waals surface area contributed by atoms with Gasteiger partial charge in [-0.3, -0.25) is 4.99 Å². The first-order chi connectivity index (χ1) is 12.3. The Morgan fingerprint density at radius 3 is 3.08 bits per heavy atom. The van der Waals surface area contributed by atoms with Crippen LogP contribution in [0.2, 0.25) is 0 Å². The molecule has 0 saturated carbocycles. The first kappa shape index (κ1) is 16.7. The summed E-state index contributed by atoms with van der Waals surface area (Å²) in [6.45, 7) is 8.65. The number of likely N-dealkylation sites (tertiary alicyclic amines) is 1. The van der Waals surface area contributed by atoms with Crippen molar-refractivity contribution < 1.29 is 9.47 Å². The summed E-state index contributed by atoms with van der Waals surface area (Å²) in [7, 11) is 0. The highest BCUT2D eigenvalue weighted by Crippen LogP contribution is 2.38. The second-order valence-corrected chi connectivity index (χ2v) is 7.54. The van der Waals surface area contributed by atoms with E-state index in [-0.39, 0.29) is 0 Å². The van der Waals surface area contributed by atoms with Crippen LogP contribution in [0.5, 0.6) is 5.75 Å². The van der Waals surface area contributed by atoms with Crippen LogP contribution in [-0.4, -0.2) is 56.9 Å². The molecule has 1 aromatic rings. The van der Waals surface area contributed by atoms with Crippen LogP contribution < -0.4 is 10.1 Å². The number of para-hydroxylation sites is 1. The molecule has 3 aliphatic heterocycles. The molecule has 2 saturated heterocycles. The zero-order valence-corrected chi connectivity index (χ0v) is 15.2. The van der Waals surface area contributed by atoms with Gasteiger partial charge in [-0.2, -0.15) is 0 Å². The molecule has 136 valence electrons. The molecule has 5 heteroatoms. The number of hydrogen-bond acceptors (Lipinski definition) is 3. The number of rotatable bonds is 3. The summed E-state index contributed by atoms with van der Waals surface area (Å²) < 4.78 is 11.4. The van der Waals surface area contributed by atoms with Gasteiger partial charge in [0.25, 0.3) is 0 Å². The van der Waals surface area contributed by atoms with E-state index in [1.807, 2.05) is 6.07 Å².